The summed E-state index contributed by atoms with van der Waals surface area (Å²) >= 11 is 1.02. The van der Waals surface area contributed by atoms with Crippen LogP contribution in [-0.2, 0) is 0 Å². The van der Waals surface area contributed by atoms with Crippen LogP contribution in [0.3, 0.4) is 0 Å². The molecule has 0 bridgehead atoms. The van der Waals surface area contributed by atoms with E-state index in [-0.39, 0.29) is 10.8 Å². The predicted molar refractivity (Wildman–Crippen MR) is 58.5 cm³/mol. The van der Waals surface area contributed by atoms with Gasteiger partial charge in [0.15, 0.2) is 0 Å². The van der Waals surface area contributed by atoms with Gasteiger partial charge in [0, 0.05) is 13.1 Å². The molecule has 0 aliphatic carbocycles. The third-order valence-corrected chi connectivity index (χ3v) is 3.14. The molecular formula is C10H13NO3S. The average molecular weight is 227 g/mol. The summed E-state index contributed by atoms with van der Waals surface area (Å²) in [5.41, 5.74) is 0. The van der Waals surface area contributed by atoms with Gasteiger partial charge in [-0.2, -0.15) is 0 Å². The molecule has 1 heterocycles. The van der Waals surface area contributed by atoms with Gasteiger partial charge < -0.3 is 10.0 Å². The average Bonchev–Trinajstić information content (AvgIpc) is 2.68. The van der Waals surface area contributed by atoms with Gasteiger partial charge in [-0.3, -0.25) is 4.79 Å². The van der Waals surface area contributed by atoms with Crippen molar-refractivity contribution in [3.05, 3.63) is 21.9 Å². The number of carboxylic acid groups (broad SMARTS) is 1. The Bertz CT molecular complexity index is 368. The number of hydrogen-bond donors (Lipinski definition) is 1. The van der Waals surface area contributed by atoms with Gasteiger partial charge in [-0.25, -0.2) is 4.79 Å². The van der Waals surface area contributed by atoms with Crippen LogP contribution in [0.2, 0.25) is 0 Å². The first kappa shape index (κ1) is 11.7. The van der Waals surface area contributed by atoms with Crippen molar-refractivity contribution in [1.82, 2.24) is 4.90 Å². The highest BCUT2D eigenvalue weighted by Crippen LogP contribution is 2.18. The minimum atomic E-state index is -0.987. The SMILES string of the molecule is CCN(CC)C(=O)c1ccc(C(=O)O)s1. The normalized spacial score (nSPS) is 10.0. The van der Waals surface area contributed by atoms with Gasteiger partial charge in [0.25, 0.3) is 5.91 Å². The van der Waals surface area contributed by atoms with Gasteiger partial charge in [0.2, 0.25) is 0 Å². The van der Waals surface area contributed by atoms with E-state index in [1.54, 1.807) is 11.0 Å². The molecule has 1 amide bonds. The second kappa shape index (κ2) is 4.93. The van der Waals surface area contributed by atoms with E-state index in [1.165, 1.54) is 6.07 Å². The Kier molecular flexibility index (Phi) is 3.85. The molecular weight excluding hydrogens is 214 g/mol. The zero-order valence-corrected chi connectivity index (χ0v) is 9.50. The largest absolute Gasteiger partial charge is 0.477 e. The van der Waals surface area contributed by atoms with Crippen molar-refractivity contribution in [2.75, 3.05) is 13.1 Å². The number of carbonyl (C=O) groups excluding carboxylic acids is 1. The van der Waals surface area contributed by atoms with Crippen LogP contribution in [0.4, 0.5) is 0 Å². The van der Waals surface area contributed by atoms with Gasteiger partial charge in [-0.15, -0.1) is 11.3 Å². The summed E-state index contributed by atoms with van der Waals surface area (Å²) in [5, 5.41) is 8.72. The first-order chi connectivity index (χ1) is 7.10. The van der Waals surface area contributed by atoms with Crippen LogP contribution in [0.25, 0.3) is 0 Å². The third-order valence-electron chi connectivity index (χ3n) is 2.08. The number of aromatic carboxylic acids is 1. The van der Waals surface area contributed by atoms with E-state index in [1.807, 2.05) is 13.8 Å². The quantitative estimate of drug-likeness (QED) is 0.855. The van der Waals surface area contributed by atoms with Gasteiger partial charge in [0.05, 0.1) is 4.88 Å². The molecule has 1 aromatic heterocycles. The zero-order valence-electron chi connectivity index (χ0n) is 8.69. The van der Waals surface area contributed by atoms with E-state index in [4.69, 9.17) is 5.11 Å². The number of hydrogen-bond acceptors (Lipinski definition) is 3. The Morgan fingerprint density at radius 2 is 1.80 bits per heavy atom. The molecule has 0 aliphatic rings. The number of rotatable bonds is 4. The maximum atomic E-state index is 11.8. The second-order valence-electron chi connectivity index (χ2n) is 2.95. The second-order valence-corrected chi connectivity index (χ2v) is 4.03. The van der Waals surface area contributed by atoms with Crippen LogP contribution in [0.5, 0.6) is 0 Å². The predicted octanol–water partition coefficient (Wildman–Crippen LogP) is 1.93. The fourth-order valence-corrected chi connectivity index (χ4v) is 2.05. The smallest absolute Gasteiger partial charge is 0.345 e. The number of carbonyl (C=O) groups is 2. The number of nitrogens with zero attached hydrogens (tertiary/aromatic N) is 1. The maximum absolute atomic E-state index is 11.8. The zero-order chi connectivity index (χ0) is 11.4. The van der Waals surface area contributed by atoms with Crippen molar-refractivity contribution < 1.29 is 14.7 Å². The monoisotopic (exact) mass is 227 g/mol. The van der Waals surface area contributed by atoms with Crippen molar-refractivity contribution in [3.63, 3.8) is 0 Å². The summed E-state index contributed by atoms with van der Waals surface area (Å²) in [5.74, 6) is -1.09. The molecule has 15 heavy (non-hydrogen) atoms. The van der Waals surface area contributed by atoms with Crippen LogP contribution in [0, 0.1) is 0 Å². The highest BCUT2D eigenvalue weighted by molar-refractivity contribution is 7.15. The summed E-state index contributed by atoms with van der Waals surface area (Å²) < 4.78 is 0. The molecule has 0 aliphatic heterocycles. The number of carboxylic acids is 1. The molecule has 1 aromatic rings. The molecule has 5 heteroatoms. The molecule has 0 saturated carbocycles. The van der Waals surface area contributed by atoms with E-state index in [2.05, 4.69) is 0 Å². The standard InChI is InChI=1S/C10H13NO3S/c1-3-11(4-2)9(12)7-5-6-8(15-7)10(13)14/h5-6H,3-4H2,1-2H3,(H,13,14). The highest BCUT2D eigenvalue weighted by Gasteiger charge is 2.16. The fraction of sp³-hybridized carbons (Fsp3) is 0.400. The van der Waals surface area contributed by atoms with E-state index in [0.717, 1.165) is 11.3 Å². The Labute approximate surface area is 92.1 Å². The lowest BCUT2D eigenvalue weighted by Crippen LogP contribution is -2.29. The van der Waals surface area contributed by atoms with Crippen LogP contribution in [0.1, 0.15) is 33.2 Å². The van der Waals surface area contributed by atoms with E-state index in [0.29, 0.717) is 18.0 Å². The van der Waals surface area contributed by atoms with E-state index >= 15 is 0 Å². The van der Waals surface area contributed by atoms with Crippen LogP contribution >= 0.6 is 11.3 Å². The minimum absolute atomic E-state index is 0.0995. The van der Waals surface area contributed by atoms with Gasteiger partial charge >= 0.3 is 5.97 Å². The lowest BCUT2D eigenvalue weighted by Gasteiger charge is -2.17. The summed E-state index contributed by atoms with van der Waals surface area (Å²) in [4.78, 5) is 24.8. The minimum Gasteiger partial charge on any atom is -0.477 e. The van der Waals surface area contributed by atoms with Crippen LogP contribution in [0.15, 0.2) is 12.1 Å². The first-order valence-corrected chi connectivity index (χ1v) is 5.54. The molecule has 1 N–H and O–H groups in total. The van der Waals surface area contributed by atoms with Crippen LogP contribution in [-0.4, -0.2) is 35.0 Å². The molecule has 82 valence electrons. The molecule has 0 spiro atoms. The van der Waals surface area contributed by atoms with Crippen molar-refractivity contribution in [1.29, 1.82) is 0 Å². The summed E-state index contributed by atoms with van der Waals surface area (Å²) in [7, 11) is 0. The number of thiophene rings is 1. The summed E-state index contributed by atoms with van der Waals surface area (Å²) in [6.07, 6.45) is 0. The Hall–Kier alpha value is -1.36. The third kappa shape index (κ3) is 2.56. The molecule has 0 saturated heterocycles. The Balaban J connectivity index is 2.86. The number of amides is 1. The Morgan fingerprint density at radius 1 is 1.27 bits per heavy atom. The molecule has 0 fully saturated rings. The van der Waals surface area contributed by atoms with Crippen molar-refractivity contribution in [3.8, 4) is 0 Å². The van der Waals surface area contributed by atoms with Crippen molar-refractivity contribution >= 4 is 23.2 Å². The lowest BCUT2D eigenvalue weighted by molar-refractivity contribution is 0.0701. The molecule has 0 unspecified atom stereocenters. The highest BCUT2D eigenvalue weighted by atomic mass is 32.1. The fourth-order valence-electron chi connectivity index (χ4n) is 1.23. The van der Waals surface area contributed by atoms with Gasteiger partial charge in [-0.1, -0.05) is 0 Å². The topological polar surface area (TPSA) is 57.6 Å². The van der Waals surface area contributed by atoms with E-state index in [9.17, 15) is 9.59 Å². The molecule has 0 radical (unpaired) electrons. The summed E-state index contributed by atoms with van der Waals surface area (Å²) in [6, 6.07) is 3.03. The van der Waals surface area contributed by atoms with E-state index < -0.39 is 5.97 Å². The van der Waals surface area contributed by atoms with Crippen molar-refractivity contribution in [2.45, 2.75) is 13.8 Å². The Morgan fingerprint density at radius 3 is 2.20 bits per heavy atom. The maximum Gasteiger partial charge on any atom is 0.345 e. The molecule has 1 rings (SSSR count). The molecule has 0 aromatic carbocycles. The molecule has 0 atom stereocenters. The van der Waals surface area contributed by atoms with Gasteiger partial charge in [-0.05, 0) is 26.0 Å². The first-order valence-electron chi connectivity index (χ1n) is 4.72. The van der Waals surface area contributed by atoms with Crippen LogP contribution < -0.4 is 0 Å². The molecule has 4 nitrogen and oxygen atoms in total. The summed E-state index contributed by atoms with van der Waals surface area (Å²) in [6.45, 7) is 5.06. The van der Waals surface area contributed by atoms with Crippen molar-refractivity contribution in [2.24, 2.45) is 0 Å². The van der Waals surface area contributed by atoms with Gasteiger partial charge in [0.1, 0.15) is 4.88 Å². The lowest BCUT2D eigenvalue weighted by atomic mass is 10.3.